The molecule has 24 heavy (non-hydrogen) atoms. The molecule has 2 bridgehead atoms. The van der Waals surface area contributed by atoms with E-state index in [1.807, 2.05) is 18.7 Å². The number of aryl methyl sites for hydroxylation is 1. The average Bonchev–Trinajstić information content (AvgIpc) is 3.32. The zero-order chi connectivity index (χ0) is 16.7. The Hall–Kier alpha value is -1.63. The van der Waals surface area contributed by atoms with Crippen LogP contribution in [0.2, 0.25) is 0 Å². The number of ether oxygens (including phenoxy) is 1. The van der Waals surface area contributed by atoms with Crippen LogP contribution in [0.5, 0.6) is 0 Å². The van der Waals surface area contributed by atoms with Crippen LogP contribution in [0.3, 0.4) is 0 Å². The van der Waals surface area contributed by atoms with Crippen molar-refractivity contribution in [2.24, 2.45) is 11.8 Å². The van der Waals surface area contributed by atoms with Crippen LogP contribution in [0, 0.1) is 11.8 Å². The Morgan fingerprint density at radius 1 is 1.29 bits per heavy atom. The highest BCUT2D eigenvalue weighted by molar-refractivity contribution is 5.74. The van der Waals surface area contributed by atoms with Crippen molar-refractivity contribution in [2.45, 2.75) is 57.7 Å². The number of amides is 2. The first-order valence-corrected chi connectivity index (χ1v) is 9.12. The monoisotopic (exact) mass is 334 g/mol. The van der Waals surface area contributed by atoms with E-state index < -0.39 is 0 Å². The highest BCUT2D eigenvalue weighted by atomic mass is 16.5. The lowest BCUT2D eigenvalue weighted by atomic mass is 9.82. The van der Waals surface area contributed by atoms with Crippen LogP contribution in [-0.2, 0) is 11.2 Å². The van der Waals surface area contributed by atoms with Crippen LogP contribution in [0.1, 0.15) is 50.7 Å². The summed E-state index contributed by atoms with van der Waals surface area (Å²) < 4.78 is 11.2. The number of fused-ring (bicyclic) bond motifs is 5. The third-order valence-electron chi connectivity index (χ3n) is 5.58. The summed E-state index contributed by atoms with van der Waals surface area (Å²) in [5, 5.41) is 6.97. The highest BCUT2D eigenvalue weighted by Gasteiger charge is 2.53. The lowest BCUT2D eigenvalue weighted by Gasteiger charge is -2.19. The van der Waals surface area contributed by atoms with E-state index in [0.717, 1.165) is 25.3 Å². The standard InChI is InChI=1S/C17H26N4O3/c1-10(2)16-19-15(24-20-16)4-3-7-18-17(22)21-8-11-12(9-21)14-6-5-13(11)23-14/h10-14H,3-9H2,1-2H3,(H,18,22)/t11-,12+,13-,14-/m1/s1. The quantitative estimate of drug-likeness (QED) is 0.833. The van der Waals surface area contributed by atoms with E-state index in [9.17, 15) is 4.79 Å². The zero-order valence-electron chi connectivity index (χ0n) is 14.4. The number of nitrogens with zero attached hydrogens (tertiary/aromatic N) is 3. The highest BCUT2D eigenvalue weighted by Crippen LogP contribution is 2.47. The second kappa shape index (κ2) is 6.35. The van der Waals surface area contributed by atoms with Gasteiger partial charge in [0.1, 0.15) is 0 Å². The molecule has 1 N–H and O–H groups in total. The van der Waals surface area contributed by atoms with Crippen LogP contribution >= 0.6 is 0 Å². The van der Waals surface area contributed by atoms with Gasteiger partial charge in [0.25, 0.3) is 0 Å². The van der Waals surface area contributed by atoms with Crippen molar-refractivity contribution < 1.29 is 14.1 Å². The van der Waals surface area contributed by atoms with Crippen LogP contribution in [-0.4, -0.2) is 52.9 Å². The molecular formula is C17H26N4O3. The van der Waals surface area contributed by atoms with Crippen molar-refractivity contribution in [3.63, 3.8) is 0 Å². The van der Waals surface area contributed by atoms with E-state index in [2.05, 4.69) is 15.5 Å². The summed E-state index contributed by atoms with van der Waals surface area (Å²) in [5.74, 6) is 2.78. The number of hydrogen-bond acceptors (Lipinski definition) is 5. The number of nitrogens with one attached hydrogen (secondary N) is 1. The number of carbonyl (C=O) groups excluding carboxylic acids is 1. The summed E-state index contributed by atoms with van der Waals surface area (Å²) in [6, 6.07) is 0.0530. The minimum Gasteiger partial charge on any atom is -0.374 e. The molecule has 3 aliphatic heterocycles. The van der Waals surface area contributed by atoms with E-state index in [4.69, 9.17) is 9.26 Å². The Labute approximate surface area is 142 Å². The van der Waals surface area contributed by atoms with Crippen molar-refractivity contribution >= 4 is 6.03 Å². The van der Waals surface area contributed by atoms with Crippen LogP contribution in [0.15, 0.2) is 4.52 Å². The van der Waals surface area contributed by atoms with Gasteiger partial charge in [0.15, 0.2) is 5.82 Å². The Balaban J connectivity index is 1.19. The second-order valence-corrected chi connectivity index (χ2v) is 7.56. The smallest absolute Gasteiger partial charge is 0.317 e. The van der Waals surface area contributed by atoms with Gasteiger partial charge in [-0.1, -0.05) is 19.0 Å². The van der Waals surface area contributed by atoms with Crippen LogP contribution in [0.25, 0.3) is 0 Å². The van der Waals surface area contributed by atoms with Gasteiger partial charge in [0.2, 0.25) is 5.89 Å². The van der Waals surface area contributed by atoms with Gasteiger partial charge >= 0.3 is 6.03 Å². The molecule has 132 valence electrons. The minimum absolute atomic E-state index is 0.0530. The molecule has 3 saturated heterocycles. The normalized spacial score (nSPS) is 31.0. The zero-order valence-corrected chi connectivity index (χ0v) is 14.4. The first kappa shape index (κ1) is 15.9. The van der Waals surface area contributed by atoms with Crippen LogP contribution in [0.4, 0.5) is 4.79 Å². The summed E-state index contributed by atoms with van der Waals surface area (Å²) in [5.41, 5.74) is 0. The third-order valence-corrected chi connectivity index (χ3v) is 5.58. The Kier molecular flexibility index (Phi) is 4.20. The molecule has 0 spiro atoms. The van der Waals surface area contributed by atoms with Gasteiger partial charge in [0.05, 0.1) is 12.2 Å². The van der Waals surface area contributed by atoms with Gasteiger partial charge in [-0.3, -0.25) is 0 Å². The number of carbonyl (C=O) groups is 1. The summed E-state index contributed by atoms with van der Waals surface area (Å²) in [4.78, 5) is 18.7. The Morgan fingerprint density at radius 3 is 2.62 bits per heavy atom. The molecular weight excluding hydrogens is 308 g/mol. The number of hydrogen-bond donors (Lipinski definition) is 1. The van der Waals surface area contributed by atoms with Crippen molar-refractivity contribution in [3.05, 3.63) is 11.7 Å². The van der Waals surface area contributed by atoms with Gasteiger partial charge in [-0.05, 0) is 19.3 Å². The van der Waals surface area contributed by atoms with E-state index in [1.54, 1.807) is 0 Å². The van der Waals surface area contributed by atoms with Crippen molar-refractivity contribution in [1.82, 2.24) is 20.4 Å². The van der Waals surface area contributed by atoms with Crippen LogP contribution < -0.4 is 5.32 Å². The molecule has 4 rings (SSSR count). The van der Waals surface area contributed by atoms with Gasteiger partial charge in [-0.2, -0.15) is 4.98 Å². The lowest BCUT2D eigenvalue weighted by Crippen LogP contribution is -2.40. The summed E-state index contributed by atoms with van der Waals surface area (Å²) in [7, 11) is 0. The molecule has 7 heteroatoms. The topological polar surface area (TPSA) is 80.5 Å². The molecule has 3 fully saturated rings. The fourth-order valence-corrected chi connectivity index (χ4v) is 4.28. The first-order valence-electron chi connectivity index (χ1n) is 9.12. The minimum atomic E-state index is 0.0530. The fraction of sp³-hybridized carbons (Fsp3) is 0.824. The number of rotatable bonds is 5. The van der Waals surface area contributed by atoms with E-state index in [-0.39, 0.29) is 11.9 Å². The largest absolute Gasteiger partial charge is 0.374 e. The molecule has 7 nitrogen and oxygen atoms in total. The maximum atomic E-state index is 12.3. The molecule has 1 aromatic heterocycles. The first-order chi connectivity index (χ1) is 11.6. The Morgan fingerprint density at radius 2 is 2.00 bits per heavy atom. The molecule has 1 aromatic rings. The molecule has 4 heterocycles. The summed E-state index contributed by atoms with van der Waals surface area (Å²) in [6.45, 7) is 6.40. The fourth-order valence-electron chi connectivity index (χ4n) is 4.28. The third kappa shape index (κ3) is 2.90. The summed E-state index contributed by atoms with van der Waals surface area (Å²) >= 11 is 0. The number of likely N-dealkylation sites (tertiary alicyclic amines) is 1. The molecule has 3 aliphatic rings. The molecule has 2 amide bonds. The molecule has 0 aromatic carbocycles. The predicted molar refractivity (Wildman–Crippen MR) is 86.6 cm³/mol. The van der Waals surface area contributed by atoms with Gasteiger partial charge in [-0.15, -0.1) is 0 Å². The van der Waals surface area contributed by atoms with E-state index >= 15 is 0 Å². The molecule has 0 aliphatic carbocycles. The van der Waals surface area contributed by atoms with Gasteiger partial charge in [-0.25, -0.2) is 4.79 Å². The van der Waals surface area contributed by atoms with E-state index in [0.29, 0.717) is 42.9 Å². The molecule has 0 unspecified atom stereocenters. The SMILES string of the molecule is CC(C)c1noc(CCCNC(=O)N2C[C@@H]3[C@H](C2)[C@H]2CC[C@H]3O2)n1. The van der Waals surface area contributed by atoms with Crippen molar-refractivity contribution in [2.75, 3.05) is 19.6 Å². The number of urea groups is 1. The predicted octanol–water partition coefficient (Wildman–Crippen LogP) is 1.94. The second-order valence-electron chi connectivity index (χ2n) is 7.56. The molecule has 0 saturated carbocycles. The maximum absolute atomic E-state index is 12.3. The van der Waals surface area contributed by atoms with Gasteiger partial charge in [0, 0.05) is 43.8 Å². The maximum Gasteiger partial charge on any atom is 0.317 e. The number of aromatic nitrogens is 2. The van der Waals surface area contributed by atoms with Gasteiger partial charge < -0.3 is 19.5 Å². The molecule has 4 atom stereocenters. The summed E-state index contributed by atoms with van der Waals surface area (Å²) in [6.07, 6.45) is 4.63. The lowest BCUT2D eigenvalue weighted by molar-refractivity contribution is 0.0739. The Bertz CT molecular complexity index is 584. The molecule has 0 radical (unpaired) electrons. The van der Waals surface area contributed by atoms with E-state index in [1.165, 1.54) is 12.8 Å². The van der Waals surface area contributed by atoms with Crippen molar-refractivity contribution in [1.29, 1.82) is 0 Å². The van der Waals surface area contributed by atoms with Crippen molar-refractivity contribution in [3.8, 4) is 0 Å². The average molecular weight is 334 g/mol.